The van der Waals surface area contributed by atoms with E-state index in [-0.39, 0.29) is 17.9 Å². The number of hydrogen-bond donors (Lipinski definition) is 2. The van der Waals surface area contributed by atoms with Crippen LogP contribution in [0.1, 0.15) is 19.0 Å². The lowest BCUT2D eigenvalue weighted by molar-refractivity contribution is 0.599. The van der Waals surface area contributed by atoms with Gasteiger partial charge in [-0.15, -0.1) is 0 Å². The number of aromatic amines is 1. The van der Waals surface area contributed by atoms with Gasteiger partial charge in [-0.2, -0.15) is 5.26 Å². The Morgan fingerprint density at radius 3 is 2.73 bits per heavy atom. The van der Waals surface area contributed by atoms with Crippen molar-refractivity contribution in [3.8, 4) is 17.3 Å². The molecule has 0 spiro atoms. The highest BCUT2D eigenvalue weighted by Crippen LogP contribution is 2.25. The third kappa shape index (κ3) is 3.86. The molecule has 2 N–H and O–H groups in total. The van der Waals surface area contributed by atoms with Crippen molar-refractivity contribution in [3.63, 3.8) is 0 Å². The monoisotopic (exact) mass is 321 g/mol. The van der Waals surface area contributed by atoms with Crippen LogP contribution in [-0.2, 0) is 16.4 Å². The number of nitrogens with one attached hydrogen (secondary N) is 2. The lowest BCUT2D eigenvalue weighted by atomic mass is 10.1. The van der Waals surface area contributed by atoms with Crippen LogP contribution in [0.2, 0.25) is 0 Å². The summed E-state index contributed by atoms with van der Waals surface area (Å²) in [6, 6.07) is 9.57. The molecule has 0 atom stereocenters. The summed E-state index contributed by atoms with van der Waals surface area (Å²) in [6.45, 7) is 1.76. The second-order valence-electron chi connectivity index (χ2n) is 4.85. The number of sulfonamides is 1. The van der Waals surface area contributed by atoms with Crippen LogP contribution < -0.4 is 4.72 Å². The number of nitrogens with zero attached hydrogens (tertiary/aromatic N) is 1. The zero-order chi connectivity index (χ0) is 16.2. The molecule has 116 valence electrons. The summed E-state index contributed by atoms with van der Waals surface area (Å²) >= 11 is 0. The number of H-pyrrole nitrogens is 1. The Kier molecular flexibility index (Phi) is 4.83. The molecule has 0 aliphatic heterocycles. The van der Waals surface area contributed by atoms with Crippen LogP contribution in [0.15, 0.2) is 30.3 Å². The Hall–Kier alpha value is -2.33. The summed E-state index contributed by atoms with van der Waals surface area (Å²) < 4.78 is 39.9. The van der Waals surface area contributed by atoms with Crippen molar-refractivity contribution in [1.82, 2.24) is 4.98 Å². The average Bonchev–Trinajstić information content (AvgIpc) is 2.87. The van der Waals surface area contributed by atoms with Crippen LogP contribution >= 0.6 is 0 Å². The normalized spacial score (nSPS) is 11.1. The Bertz CT molecular complexity index is 806. The molecular formula is C15H16FN3O2S. The van der Waals surface area contributed by atoms with Gasteiger partial charge in [0.05, 0.1) is 23.9 Å². The molecule has 0 radical (unpaired) electrons. The number of benzene rings is 1. The topological polar surface area (TPSA) is 85.8 Å². The molecule has 5 nitrogen and oxygen atoms in total. The third-order valence-electron chi connectivity index (χ3n) is 3.02. The molecular weight excluding hydrogens is 305 g/mol. The smallest absolute Gasteiger partial charge is 0.232 e. The highest BCUT2D eigenvalue weighted by atomic mass is 32.2. The molecule has 2 rings (SSSR count). The summed E-state index contributed by atoms with van der Waals surface area (Å²) in [5.74, 6) is -0.549. The fraction of sp³-hybridized carbons (Fsp3) is 0.267. The number of nitriles is 1. The molecule has 1 heterocycles. The predicted molar refractivity (Wildman–Crippen MR) is 83.2 cm³/mol. The zero-order valence-electron chi connectivity index (χ0n) is 12.1. The van der Waals surface area contributed by atoms with E-state index >= 15 is 0 Å². The van der Waals surface area contributed by atoms with Gasteiger partial charge in [0, 0.05) is 17.0 Å². The van der Waals surface area contributed by atoms with Crippen molar-refractivity contribution in [2.24, 2.45) is 0 Å². The molecule has 1 aromatic carbocycles. The lowest BCUT2D eigenvalue weighted by Crippen LogP contribution is -2.16. The maximum absolute atomic E-state index is 14.2. The van der Waals surface area contributed by atoms with Gasteiger partial charge in [-0.05, 0) is 36.8 Å². The standard InChI is InChI=1S/C15H16FN3O2S/c1-2-9-22(20,21)19-12-3-5-13(14(16)10-12)15-6-4-11(18-15)7-8-17/h3-6,10,18-19H,2,7,9H2,1H3. The molecule has 0 saturated heterocycles. The molecule has 0 unspecified atom stereocenters. The average molecular weight is 321 g/mol. The second-order valence-corrected chi connectivity index (χ2v) is 6.69. The Morgan fingerprint density at radius 2 is 2.09 bits per heavy atom. The number of hydrogen-bond acceptors (Lipinski definition) is 3. The fourth-order valence-electron chi connectivity index (χ4n) is 2.08. The van der Waals surface area contributed by atoms with Crippen molar-refractivity contribution >= 4 is 15.7 Å². The van der Waals surface area contributed by atoms with Crippen LogP contribution in [-0.4, -0.2) is 19.2 Å². The van der Waals surface area contributed by atoms with Gasteiger partial charge in [0.1, 0.15) is 5.82 Å². The summed E-state index contributed by atoms with van der Waals surface area (Å²) in [4.78, 5) is 2.96. The Balaban J connectivity index is 2.24. The summed E-state index contributed by atoms with van der Waals surface area (Å²) in [6.07, 6.45) is 0.705. The fourth-order valence-corrected chi connectivity index (χ4v) is 3.21. The number of anilines is 1. The Labute approximate surface area is 128 Å². The van der Waals surface area contributed by atoms with Gasteiger partial charge in [0.2, 0.25) is 10.0 Å². The van der Waals surface area contributed by atoms with Crippen molar-refractivity contribution < 1.29 is 12.8 Å². The maximum Gasteiger partial charge on any atom is 0.232 e. The van der Waals surface area contributed by atoms with Crippen LogP contribution in [0, 0.1) is 17.1 Å². The SMILES string of the molecule is CCCS(=O)(=O)Nc1ccc(-c2ccc(CC#N)[nH]2)c(F)c1. The van der Waals surface area contributed by atoms with Crippen LogP contribution in [0.4, 0.5) is 10.1 Å². The molecule has 0 fully saturated rings. The minimum atomic E-state index is -3.44. The number of halogens is 1. The van der Waals surface area contributed by atoms with E-state index < -0.39 is 15.8 Å². The van der Waals surface area contributed by atoms with E-state index in [0.29, 0.717) is 23.4 Å². The first kappa shape index (κ1) is 16.0. The predicted octanol–water partition coefficient (Wildman–Crippen LogP) is 3.04. The van der Waals surface area contributed by atoms with E-state index in [4.69, 9.17) is 5.26 Å². The van der Waals surface area contributed by atoms with E-state index in [1.54, 1.807) is 19.1 Å². The van der Waals surface area contributed by atoms with Crippen molar-refractivity contribution in [1.29, 1.82) is 5.26 Å². The van der Waals surface area contributed by atoms with Gasteiger partial charge in [0.25, 0.3) is 0 Å². The molecule has 0 amide bonds. The molecule has 0 saturated carbocycles. The Morgan fingerprint density at radius 1 is 1.32 bits per heavy atom. The lowest BCUT2D eigenvalue weighted by Gasteiger charge is -2.08. The first-order chi connectivity index (χ1) is 10.4. The molecule has 0 aliphatic carbocycles. The van der Waals surface area contributed by atoms with Crippen LogP contribution in [0.3, 0.4) is 0 Å². The summed E-state index contributed by atoms with van der Waals surface area (Å²) in [5, 5.41) is 8.63. The van der Waals surface area contributed by atoms with E-state index in [2.05, 4.69) is 9.71 Å². The van der Waals surface area contributed by atoms with E-state index in [9.17, 15) is 12.8 Å². The molecule has 0 aliphatic rings. The minimum absolute atomic E-state index is 0.00941. The summed E-state index contributed by atoms with van der Waals surface area (Å²) in [7, 11) is -3.44. The van der Waals surface area contributed by atoms with Crippen molar-refractivity contribution in [2.45, 2.75) is 19.8 Å². The summed E-state index contributed by atoms with van der Waals surface area (Å²) in [5.41, 5.74) is 1.76. The molecule has 2 aromatic rings. The zero-order valence-corrected chi connectivity index (χ0v) is 12.9. The number of rotatable bonds is 6. The van der Waals surface area contributed by atoms with E-state index in [1.165, 1.54) is 12.1 Å². The van der Waals surface area contributed by atoms with Gasteiger partial charge in [-0.25, -0.2) is 12.8 Å². The highest BCUT2D eigenvalue weighted by molar-refractivity contribution is 7.92. The van der Waals surface area contributed by atoms with Crippen molar-refractivity contribution in [2.75, 3.05) is 10.5 Å². The largest absolute Gasteiger partial charge is 0.357 e. The first-order valence-electron chi connectivity index (χ1n) is 6.80. The van der Waals surface area contributed by atoms with Gasteiger partial charge in [-0.1, -0.05) is 6.92 Å². The van der Waals surface area contributed by atoms with Gasteiger partial charge in [0.15, 0.2) is 0 Å². The van der Waals surface area contributed by atoms with Crippen LogP contribution in [0.5, 0.6) is 0 Å². The number of aromatic nitrogens is 1. The van der Waals surface area contributed by atoms with E-state index in [0.717, 1.165) is 6.07 Å². The second kappa shape index (κ2) is 6.62. The molecule has 0 bridgehead atoms. The van der Waals surface area contributed by atoms with Crippen molar-refractivity contribution in [3.05, 3.63) is 41.8 Å². The highest BCUT2D eigenvalue weighted by Gasteiger charge is 2.12. The van der Waals surface area contributed by atoms with Crippen LogP contribution in [0.25, 0.3) is 11.3 Å². The molecule has 7 heteroatoms. The molecule has 1 aromatic heterocycles. The molecule has 22 heavy (non-hydrogen) atoms. The van der Waals surface area contributed by atoms with E-state index in [1.807, 2.05) is 6.07 Å². The first-order valence-corrected chi connectivity index (χ1v) is 8.45. The maximum atomic E-state index is 14.2. The third-order valence-corrected chi connectivity index (χ3v) is 4.51. The quantitative estimate of drug-likeness (QED) is 0.857. The minimum Gasteiger partial charge on any atom is -0.357 e. The van der Waals surface area contributed by atoms with Gasteiger partial charge < -0.3 is 4.98 Å². The van der Waals surface area contributed by atoms with Gasteiger partial charge in [-0.3, -0.25) is 4.72 Å². The van der Waals surface area contributed by atoms with Gasteiger partial charge >= 0.3 is 0 Å².